The van der Waals surface area contributed by atoms with Crippen molar-refractivity contribution in [2.75, 3.05) is 6.54 Å². The number of fused-ring (bicyclic) bond motifs is 1. The summed E-state index contributed by atoms with van der Waals surface area (Å²) in [6.45, 7) is 5.35. The van der Waals surface area contributed by atoms with Gasteiger partial charge in [0.05, 0.1) is 5.69 Å². The minimum Gasteiger partial charge on any atom is -0.309 e. The van der Waals surface area contributed by atoms with Gasteiger partial charge in [0, 0.05) is 21.0 Å². The molecule has 1 aromatic carbocycles. The van der Waals surface area contributed by atoms with E-state index in [1.165, 1.54) is 39.5 Å². The molecule has 1 aromatic heterocycles. The van der Waals surface area contributed by atoms with Gasteiger partial charge in [0.2, 0.25) is 0 Å². The van der Waals surface area contributed by atoms with Crippen LogP contribution in [-0.4, -0.2) is 11.5 Å². The number of nitrogens with one attached hydrogen (secondary N) is 1. The summed E-state index contributed by atoms with van der Waals surface area (Å²) >= 11 is 5.40. The van der Waals surface area contributed by atoms with Crippen LogP contribution in [0.1, 0.15) is 41.9 Å². The van der Waals surface area contributed by atoms with E-state index >= 15 is 0 Å². The molecule has 1 aliphatic rings. The van der Waals surface area contributed by atoms with Crippen molar-refractivity contribution in [3.05, 3.63) is 38.8 Å². The predicted molar refractivity (Wildman–Crippen MR) is 89.3 cm³/mol. The molecule has 106 valence electrons. The standard InChI is InChI=1S/C16H19BrN2S/c1-3-18-13-5-4-6-14-15(13)20-16(19-14)12-8-7-11(17)9-10(12)2/h7-9,13,18H,3-6H2,1-2H3. The lowest BCUT2D eigenvalue weighted by molar-refractivity contribution is 0.476. The highest BCUT2D eigenvalue weighted by Gasteiger charge is 2.24. The van der Waals surface area contributed by atoms with E-state index in [4.69, 9.17) is 4.98 Å². The molecule has 0 spiro atoms. The Hall–Kier alpha value is -0.710. The molecule has 0 saturated carbocycles. The second-order valence-corrected chi connectivity index (χ2v) is 7.24. The van der Waals surface area contributed by atoms with Gasteiger partial charge in [-0.1, -0.05) is 28.9 Å². The quantitative estimate of drug-likeness (QED) is 0.854. The van der Waals surface area contributed by atoms with Crippen molar-refractivity contribution in [3.63, 3.8) is 0 Å². The summed E-state index contributed by atoms with van der Waals surface area (Å²) in [4.78, 5) is 6.36. The Morgan fingerprint density at radius 2 is 2.30 bits per heavy atom. The van der Waals surface area contributed by atoms with E-state index in [1.54, 1.807) is 0 Å². The van der Waals surface area contributed by atoms with Crippen LogP contribution >= 0.6 is 27.3 Å². The summed E-state index contributed by atoms with van der Waals surface area (Å²) in [5, 5.41) is 4.76. The minimum absolute atomic E-state index is 0.505. The first kappa shape index (κ1) is 14.2. The average molecular weight is 351 g/mol. The third-order valence-corrected chi connectivity index (χ3v) is 5.56. The fourth-order valence-corrected chi connectivity index (χ4v) is 4.63. The molecule has 2 aromatic rings. The number of rotatable bonds is 3. The molecule has 4 heteroatoms. The molecule has 1 atom stereocenters. The first-order valence-corrected chi connectivity index (χ1v) is 8.79. The third kappa shape index (κ3) is 2.69. The maximum Gasteiger partial charge on any atom is 0.124 e. The van der Waals surface area contributed by atoms with Crippen molar-refractivity contribution in [1.82, 2.24) is 10.3 Å². The van der Waals surface area contributed by atoms with E-state index in [9.17, 15) is 0 Å². The van der Waals surface area contributed by atoms with Gasteiger partial charge >= 0.3 is 0 Å². The Balaban J connectivity index is 2.00. The minimum atomic E-state index is 0.505. The van der Waals surface area contributed by atoms with Crippen molar-refractivity contribution in [2.24, 2.45) is 0 Å². The van der Waals surface area contributed by atoms with Crippen LogP contribution in [0.4, 0.5) is 0 Å². The second kappa shape index (κ2) is 5.96. The van der Waals surface area contributed by atoms with Gasteiger partial charge in [-0.3, -0.25) is 0 Å². The largest absolute Gasteiger partial charge is 0.309 e. The molecule has 3 rings (SSSR count). The third-order valence-electron chi connectivity index (χ3n) is 3.82. The molecule has 0 aliphatic heterocycles. The highest BCUT2D eigenvalue weighted by atomic mass is 79.9. The van der Waals surface area contributed by atoms with Gasteiger partial charge in [-0.15, -0.1) is 11.3 Å². The molecule has 1 unspecified atom stereocenters. The smallest absolute Gasteiger partial charge is 0.124 e. The molecule has 1 heterocycles. The van der Waals surface area contributed by atoms with Crippen molar-refractivity contribution in [3.8, 4) is 10.6 Å². The number of nitrogens with zero attached hydrogens (tertiary/aromatic N) is 1. The van der Waals surface area contributed by atoms with Gasteiger partial charge in [-0.2, -0.15) is 0 Å². The zero-order chi connectivity index (χ0) is 14.1. The molecule has 0 fully saturated rings. The lowest BCUT2D eigenvalue weighted by Crippen LogP contribution is -2.23. The first-order chi connectivity index (χ1) is 9.69. The molecule has 2 nitrogen and oxygen atoms in total. The fourth-order valence-electron chi connectivity index (χ4n) is 2.84. The monoisotopic (exact) mass is 350 g/mol. The number of hydrogen-bond donors (Lipinski definition) is 1. The van der Waals surface area contributed by atoms with Crippen molar-refractivity contribution < 1.29 is 0 Å². The zero-order valence-electron chi connectivity index (χ0n) is 11.9. The number of benzene rings is 1. The van der Waals surface area contributed by atoms with Gasteiger partial charge in [-0.05, 0) is 50.4 Å². The molecule has 1 aliphatic carbocycles. The predicted octanol–water partition coefficient (Wildman–Crippen LogP) is 4.87. The number of aromatic nitrogens is 1. The summed E-state index contributed by atoms with van der Waals surface area (Å²) < 4.78 is 1.13. The van der Waals surface area contributed by atoms with Crippen LogP contribution in [0.3, 0.4) is 0 Å². The summed E-state index contributed by atoms with van der Waals surface area (Å²) in [5.41, 5.74) is 3.86. The molecule has 0 radical (unpaired) electrons. The van der Waals surface area contributed by atoms with Crippen LogP contribution in [-0.2, 0) is 6.42 Å². The number of thiazole rings is 1. The van der Waals surface area contributed by atoms with Crippen LogP contribution in [0.2, 0.25) is 0 Å². The second-order valence-electron chi connectivity index (χ2n) is 5.29. The topological polar surface area (TPSA) is 24.9 Å². The van der Waals surface area contributed by atoms with E-state index in [-0.39, 0.29) is 0 Å². The van der Waals surface area contributed by atoms with E-state index in [0.717, 1.165) is 17.4 Å². The van der Waals surface area contributed by atoms with Crippen LogP contribution in [0, 0.1) is 6.92 Å². The highest BCUT2D eigenvalue weighted by molar-refractivity contribution is 9.10. The van der Waals surface area contributed by atoms with Crippen molar-refractivity contribution in [1.29, 1.82) is 0 Å². The van der Waals surface area contributed by atoms with E-state index in [0.29, 0.717) is 6.04 Å². The molecular weight excluding hydrogens is 332 g/mol. The van der Waals surface area contributed by atoms with Gasteiger partial charge in [0.25, 0.3) is 0 Å². The van der Waals surface area contributed by atoms with Crippen LogP contribution in [0.5, 0.6) is 0 Å². The summed E-state index contributed by atoms with van der Waals surface area (Å²) in [6, 6.07) is 6.94. The molecular formula is C16H19BrN2S. The lowest BCUT2D eigenvalue weighted by atomic mass is 9.98. The number of aryl methyl sites for hydroxylation is 2. The molecule has 1 N–H and O–H groups in total. The maximum atomic E-state index is 4.91. The number of halogens is 1. The molecule has 20 heavy (non-hydrogen) atoms. The van der Waals surface area contributed by atoms with Crippen molar-refractivity contribution >= 4 is 27.3 Å². The van der Waals surface area contributed by atoms with Gasteiger partial charge < -0.3 is 5.32 Å². The van der Waals surface area contributed by atoms with Gasteiger partial charge in [0.15, 0.2) is 0 Å². The maximum absolute atomic E-state index is 4.91. The molecule has 0 amide bonds. The summed E-state index contributed by atoms with van der Waals surface area (Å²) in [6.07, 6.45) is 3.61. The van der Waals surface area contributed by atoms with Crippen molar-refractivity contribution in [2.45, 2.75) is 39.2 Å². The summed E-state index contributed by atoms with van der Waals surface area (Å²) in [5.74, 6) is 0. The lowest BCUT2D eigenvalue weighted by Gasteiger charge is -2.21. The van der Waals surface area contributed by atoms with Crippen LogP contribution < -0.4 is 5.32 Å². The molecule has 0 bridgehead atoms. The zero-order valence-corrected chi connectivity index (χ0v) is 14.3. The first-order valence-electron chi connectivity index (χ1n) is 7.18. The summed E-state index contributed by atoms with van der Waals surface area (Å²) in [7, 11) is 0. The van der Waals surface area contributed by atoms with Gasteiger partial charge in [0.1, 0.15) is 5.01 Å². The van der Waals surface area contributed by atoms with E-state index in [1.807, 2.05) is 11.3 Å². The molecule has 0 saturated heterocycles. The van der Waals surface area contributed by atoms with E-state index in [2.05, 4.69) is 53.3 Å². The Bertz CT molecular complexity index is 621. The fraction of sp³-hybridized carbons (Fsp3) is 0.438. The number of hydrogen-bond acceptors (Lipinski definition) is 3. The van der Waals surface area contributed by atoms with Crippen LogP contribution in [0.15, 0.2) is 22.7 Å². The Morgan fingerprint density at radius 1 is 1.45 bits per heavy atom. The highest BCUT2D eigenvalue weighted by Crippen LogP contribution is 2.39. The normalized spacial score (nSPS) is 18.1. The SMILES string of the molecule is CCNC1CCCc2nc(-c3ccc(Br)cc3C)sc21. The Morgan fingerprint density at radius 3 is 3.05 bits per heavy atom. The average Bonchev–Trinajstić information content (AvgIpc) is 2.83. The Kier molecular flexibility index (Phi) is 4.24. The Labute approximate surface area is 132 Å². The van der Waals surface area contributed by atoms with Crippen LogP contribution in [0.25, 0.3) is 10.6 Å². The van der Waals surface area contributed by atoms with E-state index < -0.39 is 0 Å². The van der Waals surface area contributed by atoms with Gasteiger partial charge in [-0.25, -0.2) is 4.98 Å².